The monoisotopic (exact) mass is 211 g/mol. The van der Waals surface area contributed by atoms with Crippen molar-refractivity contribution in [3.63, 3.8) is 0 Å². The van der Waals surface area contributed by atoms with E-state index in [1.807, 2.05) is 6.20 Å². The third kappa shape index (κ3) is 1.98. The zero-order valence-electron chi connectivity index (χ0n) is 8.79. The molecule has 0 spiro atoms. The van der Waals surface area contributed by atoms with Crippen molar-refractivity contribution in [3.05, 3.63) is 16.1 Å². The van der Waals surface area contributed by atoms with E-state index in [9.17, 15) is 0 Å². The molecule has 1 heterocycles. The smallest absolute Gasteiger partial charge is 0.0959 e. The molecule has 1 aliphatic rings. The molecule has 3 heteroatoms. The summed E-state index contributed by atoms with van der Waals surface area (Å²) in [6, 6.07) is 0. The summed E-state index contributed by atoms with van der Waals surface area (Å²) >= 11 is 1.67. The fourth-order valence-corrected chi connectivity index (χ4v) is 3.14. The van der Waals surface area contributed by atoms with Crippen molar-refractivity contribution >= 4 is 11.3 Å². The van der Waals surface area contributed by atoms with Gasteiger partial charge in [0, 0.05) is 12.1 Å². The van der Waals surface area contributed by atoms with Gasteiger partial charge in [-0.2, -0.15) is 0 Å². The molecule has 0 radical (unpaired) electrons. The van der Waals surface area contributed by atoms with E-state index in [2.05, 4.69) is 18.8 Å². The van der Waals surface area contributed by atoms with E-state index in [1.54, 1.807) is 11.3 Å². The van der Waals surface area contributed by atoms with Gasteiger partial charge in [-0.3, -0.25) is 0 Å². The van der Waals surface area contributed by atoms with Gasteiger partial charge in [0.05, 0.1) is 16.5 Å². The summed E-state index contributed by atoms with van der Waals surface area (Å²) in [5.41, 5.74) is 0.482. The Morgan fingerprint density at radius 3 is 2.93 bits per heavy atom. The Labute approximate surface area is 89.0 Å². The molecule has 0 saturated heterocycles. The minimum atomic E-state index is 0.133. The molecule has 2 nitrogen and oxygen atoms in total. The van der Waals surface area contributed by atoms with Crippen LogP contribution in [0.2, 0.25) is 0 Å². The Kier molecular flexibility index (Phi) is 2.62. The van der Waals surface area contributed by atoms with Crippen LogP contribution < -0.4 is 0 Å². The van der Waals surface area contributed by atoms with E-state index in [0.717, 1.165) is 4.88 Å². The minimum absolute atomic E-state index is 0.133. The second kappa shape index (κ2) is 3.63. The summed E-state index contributed by atoms with van der Waals surface area (Å²) in [7, 11) is 0. The molecule has 1 fully saturated rings. The van der Waals surface area contributed by atoms with E-state index >= 15 is 0 Å². The zero-order chi connectivity index (χ0) is 10.2. The second-order valence-electron chi connectivity index (χ2n) is 4.93. The number of hydrogen-bond acceptors (Lipinski definition) is 3. The topological polar surface area (TPSA) is 33.1 Å². The molecule has 0 aliphatic heterocycles. The van der Waals surface area contributed by atoms with Gasteiger partial charge in [0.2, 0.25) is 0 Å². The number of hydrogen-bond donors (Lipinski definition) is 1. The Morgan fingerprint density at radius 1 is 1.64 bits per heavy atom. The van der Waals surface area contributed by atoms with Gasteiger partial charge in [-0.1, -0.05) is 13.8 Å². The van der Waals surface area contributed by atoms with Gasteiger partial charge in [-0.15, -0.1) is 11.3 Å². The van der Waals surface area contributed by atoms with Crippen LogP contribution in [0.5, 0.6) is 0 Å². The highest BCUT2D eigenvalue weighted by Gasteiger charge is 2.33. The zero-order valence-corrected chi connectivity index (χ0v) is 9.60. The molecule has 1 aromatic heterocycles. The molecule has 78 valence electrons. The maximum Gasteiger partial charge on any atom is 0.0959 e. The van der Waals surface area contributed by atoms with Crippen molar-refractivity contribution in [2.24, 2.45) is 5.41 Å². The van der Waals surface area contributed by atoms with Crippen molar-refractivity contribution in [2.45, 2.75) is 45.6 Å². The van der Waals surface area contributed by atoms with Gasteiger partial charge < -0.3 is 5.11 Å². The van der Waals surface area contributed by atoms with Crippen LogP contribution in [0, 0.1) is 5.41 Å². The van der Waals surface area contributed by atoms with Gasteiger partial charge in [0.1, 0.15) is 0 Å². The number of aliphatic hydroxyl groups excluding tert-OH is 1. The molecule has 1 saturated carbocycles. The van der Waals surface area contributed by atoms with Crippen molar-refractivity contribution in [1.29, 1.82) is 0 Å². The van der Waals surface area contributed by atoms with Crippen LogP contribution in [-0.4, -0.2) is 10.1 Å². The molecule has 14 heavy (non-hydrogen) atoms. The van der Waals surface area contributed by atoms with Crippen LogP contribution in [0.3, 0.4) is 0 Å². The Morgan fingerprint density at radius 2 is 2.43 bits per heavy atom. The Hall–Kier alpha value is -0.410. The minimum Gasteiger partial charge on any atom is -0.391 e. The van der Waals surface area contributed by atoms with E-state index in [4.69, 9.17) is 5.11 Å². The molecule has 1 aliphatic carbocycles. The van der Waals surface area contributed by atoms with Crippen LogP contribution in [0.15, 0.2) is 6.20 Å². The second-order valence-corrected chi connectivity index (χ2v) is 6.07. The molecule has 0 bridgehead atoms. The fourth-order valence-electron chi connectivity index (χ4n) is 2.23. The maximum atomic E-state index is 8.97. The first-order valence-electron chi connectivity index (χ1n) is 5.16. The van der Waals surface area contributed by atoms with Crippen LogP contribution in [-0.2, 0) is 6.61 Å². The summed E-state index contributed by atoms with van der Waals surface area (Å²) in [6.07, 6.45) is 5.60. The highest BCUT2D eigenvalue weighted by Crippen LogP contribution is 2.46. The predicted octanol–water partition coefficient (Wildman–Crippen LogP) is 2.93. The van der Waals surface area contributed by atoms with Gasteiger partial charge in [0.25, 0.3) is 0 Å². The first-order valence-corrected chi connectivity index (χ1v) is 5.98. The Balaban J connectivity index is 2.09. The molecule has 0 aromatic carbocycles. The lowest BCUT2D eigenvalue weighted by molar-refractivity contribution is 0.285. The van der Waals surface area contributed by atoms with Crippen LogP contribution in [0.4, 0.5) is 0 Å². The van der Waals surface area contributed by atoms with Crippen molar-refractivity contribution in [1.82, 2.24) is 4.98 Å². The normalized spacial score (nSPS) is 25.5. The number of aromatic nitrogens is 1. The number of aliphatic hydroxyl groups is 1. The van der Waals surface area contributed by atoms with Crippen molar-refractivity contribution in [2.75, 3.05) is 0 Å². The predicted molar refractivity (Wildman–Crippen MR) is 58.4 cm³/mol. The lowest BCUT2D eigenvalue weighted by atomic mass is 9.91. The van der Waals surface area contributed by atoms with Gasteiger partial charge in [0.15, 0.2) is 0 Å². The number of nitrogens with zero attached hydrogens (tertiary/aromatic N) is 1. The first kappa shape index (κ1) is 10.1. The van der Waals surface area contributed by atoms with Crippen LogP contribution >= 0.6 is 11.3 Å². The van der Waals surface area contributed by atoms with Gasteiger partial charge >= 0.3 is 0 Å². The average Bonchev–Trinajstić information content (AvgIpc) is 2.70. The lowest BCUT2D eigenvalue weighted by Gasteiger charge is -2.15. The maximum absolute atomic E-state index is 8.97. The third-order valence-electron chi connectivity index (χ3n) is 3.05. The molecular weight excluding hydrogens is 194 g/mol. The summed E-state index contributed by atoms with van der Waals surface area (Å²) in [5.74, 6) is 0.635. The number of thiazole rings is 1. The highest BCUT2D eigenvalue weighted by atomic mass is 32.1. The SMILES string of the molecule is CC1(C)CCC(c2ncc(CO)s2)C1. The van der Waals surface area contributed by atoms with E-state index in [1.165, 1.54) is 24.3 Å². The first-order chi connectivity index (χ1) is 6.61. The van der Waals surface area contributed by atoms with Gasteiger partial charge in [-0.25, -0.2) is 4.98 Å². The molecular formula is C11H17NOS. The van der Waals surface area contributed by atoms with Gasteiger partial charge in [-0.05, 0) is 24.7 Å². The van der Waals surface area contributed by atoms with Crippen LogP contribution in [0.1, 0.15) is 48.9 Å². The quantitative estimate of drug-likeness (QED) is 0.816. The van der Waals surface area contributed by atoms with Crippen molar-refractivity contribution in [3.8, 4) is 0 Å². The number of rotatable bonds is 2. The molecule has 0 amide bonds. The summed E-state index contributed by atoms with van der Waals surface area (Å²) in [4.78, 5) is 5.38. The van der Waals surface area contributed by atoms with E-state index in [-0.39, 0.29) is 6.61 Å². The fraction of sp³-hybridized carbons (Fsp3) is 0.727. The average molecular weight is 211 g/mol. The lowest BCUT2D eigenvalue weighted by Crippen LogP contribution is -2.04. The molecule has 1 unspecified atom stereocenters. The van der Waals surface area contributed by atoms with Crippen LogP contribution in [0.25, 0.3) is 0 Å². The summed E-state index contributed by atoms with van der Waals surface area (Å²) < 4.78 is 0. The van der Waals surface area contributed by atoms with Crippen molar-refractivity contribution < 1.29 is 5.11 Å². The van der Waals surface area contributed by atoms with E-state index in [0.29, 0.717) is 11.3 Å². The third-order valence-corrected chi connectivity index (χ3v) is 4.19. The summed E-state index contributed by atoms with van der Waals surface area (Å²) in [5, 5.41) is 10.2. The van der Waals surface area contributed by atoms with E-state index < -0.39 is 0 Å². The Bertz CT molecular complexity index is 319. The standard InChI is InChI=1S/C11H17NOS/c1-11(2)4-3-8(5-11)10-12-6-9(7-13)14-10/h6,8,13H,3-5,7H2,1-2H3. The summed E-state index contributed by atoms with van der Waals surface area (Å²) in [6.45, 7) is 4.79. The largest absolute Gasteiger partial charge is 0.391 e. The molecule has 1 aromatic rings. The molecule has 1 atom stereocenters. The molecule has 2 rings (SSSR count). The molecule has 1 N–H and O–H groups in total. The highest BCUT2D eigenvalue weighted by molar-refractivity contribution is 7.11.